The summed E-state index contributed by atoms with van der Waals surface area (Å²) < 4.78 is 15.7. The molecule has 1 aromatic heterocycles. The number of thiophene rings is 1. The minimum Gasteiger partial charge on any atom is -0.493 e. The molecule has 0 aliphatic heterocycles. The number of benzene rings is 1. The lowest BCUT2D eigenvalue weighted by atomic mass is 10.1. The molecule has 0 saturated heterocycles. The first-order valence-corrected chi connectivity index (χ1v) is 7.84. The third-order valence-corrected chi connectivity index (χ3v) is 4.12. The predicted octanol–water partition coefficient (Wildman–Crippen LogP) is 2.39. The van der Waals surface area contributed by atoms with Gasteiger partial charge in [-0.2, -0.15) is 0 Å². The first-order valence-electron chi connectivity index (χ1n) is 6.96. The van der Waals surface area contributed by atoms with Crippen molar-refractivity contribution in [2.45, 2.75) is 0 Å². The van der Waals surface area contributed by atoms with Crippen molar-refractivity contribution in [2.24, 2.45) is 0 Å². The summed E-state index contributed by atoms with van der Waals surface area (Å²) in [5, 5.41) is 7.46. The maximum Gasteiger partial charge on any atom is 0.256 e. The lowest BCUT2D eigenvalue weighted by Crippen LogP contribution is -2.20. The van der Waals surface area contributed by atoms with Crippen molar-refractivity contribution in [1.82, 2.24) is 5.32 Å². The number of hydrogen-bond acceptors (Lipinski definition) is 6. The Labute approximate surface area is 143 Å². The number of amides is 2. The van der Waals surface area contributed by atoms with Gasteiger partial charge in [0, 0.05) is 12.6 Å². The van der Waals surface area contributed by atoms with Crippen LogP contribution in [-0.4, -0.2) is 40.2 Å². The van der Waals surface area contributed by atoms with Gasteiger partial charge in [-0.25, -0.2) is 0 Å². The fourth-order valence-corrected chi connectivity index (χ4v) is 2.89. The molecule has 0 fully saturated rings. The Morgan fingerprint density at radius 3 is 2.12 bits per heavy atom. The summed E-state index contributed by atoms with van der Waals surface area (Å²) in [4.78, 5) is 24.3. The first-order chi connectivity index (χ1) is 11.5. The van der Waals surface area contributed by atoms with E-state index in [0.29, 0.717) is 33.4 Å². The van der Waals surface area contributed by atoms with Gasteiger partial charge in [0.15, 0.2) is 11.5 Å². The van der Waals surface area contributed by atoms with E-state index in [2.05, 4.69) is 10.6 Å². The third kappa shape index (κ3) is 3.43. The standard InChI is InChI=1S/C16H18N2O5S/c1-17-15(20)10-5-6-24-16(10)18-14(19)9-7-11(21-2)13(23-4)12(8-9)22-3/h5-8H,1-4H3,(H,17,20)(H,18,19). The fourth-order valence-electron chi connectivity index (χ4n) is 2.11. The number of nitrogens with one attached hydrogen (secondary N) is 2. The maximum absolute atomic E-state index is 12.5. The number of ether oxygens (including phenoxy) is 3. The summed E-state index contributed by atoms with van der Waals surface area (Å²) in [5.74, 6) is 0.497. The minimum absolute atomic E-state index is 0.267. The first kappa shape index (κ1) is 17.6. The molecule has 0 spiro atoms. The number of carbonyl (C=O) groups excluding carboxylic acids is 2. The molecule has 0 saturated carbocycles. The highest BCUT2D eigenvalue weighted by Crippen LogP contribution is 2.38. The van der Waals surface area contributed by atoms with Crippen molar-refractivity contribution in [3.63, 3.8) is 0 Å². The van der Waals surface area contributed by atoms with Crippen LogP contribution < -0.4 is 24.8 Å². The van der Waals surface area contributed by atoms with Crippen molar-refractivity contribution in [3.05, 3.63) is 34.7 Å². The van der Waals surface area contributed by atoms with E-state index in [4.69, 9.17) is 14.2 Å². The van der Waals surface area contributed by atoms with E-state index in [1.165, 1.54) is 39.7 Å². The second-order valence-electron chi connectivity index (χ2n) is 4.61. The van der Waals surface area contributed by atoms with Gasteiger partial charge in [-0.1, -0.05) is 0 Å². The molecule has 1 aromatic carbocycles. The summed E-state index contributed by atoms with van der Waals surface area (Å²) in [7, 11) is 5.97. The Bertz CT molecular complexity index is 732. The zero-order chi connectivity index (χ0) is 17.7. The highest BCUT2D eigenvalue weighted by atomic mass is 32.1. The Balaban J connectivity index is 2.34. The van der Waals surface area contributed by atoms with Crippen molar-refractivity contribution >= 4 is 28.2 Å². The predicted molar refractivity (Wildman–Crippen MR) is 91.8 cm³/mol. The molecule has 0 unspecified atom stereocenters. The van der Waals surface area contributed by atoms with E-state index in [0.717, 1.165) is 0 Å². The average Bonchev–Trinajstić information content (AvgIpc) is 3.07. The molecule has 0 atom stereocenters. The molecule has 0 aliphatic rings. The molecule has 2 N–H and O–H groups in total. The molecular weight excluding hydrogens is 332 g/mol. The van der Waals surface area contributed by atoms with Crippen LogP contribution in [0.5, 0.6) is 17.2 Å². The van der Waals surface area contributed by atoms with Gasteiger partial charge in [-0.3, -0.25) is 9.59 Å². The van der Waals surface area contributed by atoms with Crippen molar-refractivity contribution in [3.8, 4) is 17.2 Å². The molecule has 2 amide bonds. The summed E-state index contributed by atoms with van der Waals surface area (Å²) in [6.45, 7) is 0. The number of methoxy groups -OCH3 is 3. The van der Waals surface area contributed by atoms with E-state index in [1.54, 1.807) is 23.6 Å². The number of hydrogen-bond donors (Lipinski definition) is 2. The Hall–Kier alpha value is -2.74. The van der Waals surface area contributed by atoms with Crippen LogP contribution in [0.4, 0.5) is 5.00 Å². The third-order valence-electron chi connectivity index (χ3n) is 3.29. The molecule has 24 heavy (non-hydrogen) atoms. The minimum atomic E-state index is -0.387. The average molecular weight is 350 g/mol. The molecule has 7 nitrogen and oxygen atoms in total. The normalized spacial score (nSPS) is 10.0. The summed E-state index contributed by atoms with van der Waals surface area (Å²) in [5.41, 5.74) is 0.726. The highest BCUT2D eigenvalue weighted by Gasteiger charge is 2.19. The maximum atomic E-state index is 12.5. The Morgan fingerprint density at radius 2 is 1.62 bits per heavy atom. The fraction of sp³-hybridized carbons (Fsp3) is 0.250. The largest absolute Gasteiger partial charge is 0.493 e. The van der Waals surface area contributed by atoms with E-state index in [-0.39, 0.29) is 11.8 Å². The van der Waals surface area contributed by atoms with Crippen molar-refractivity contribution in [1.29, 1.82) is 0 Å². The topological polar surface area (TPSA) is 85.9 Å². The van der Waals surface area contributed by atoms with Crippen LogP contribution >= 0.6 is 11.3 Å². The van der Waals surface area contributed by atoms with Crippen LogP contribution in [-0.2, 0) is 0 Å². The monoisotopic (exact) mass is 350 g/mol. The Morgan fingerprint density at radius 1 is 1.00 bits per heavy atom. The van der Waals surface area contributed by atoms with Crippen LogP contribution in [0.25, 0.3) is 0 Å². The molecule has 0 radical (unpaired) electrons. The van der Waals surface area contributed by atoms with E-state index in [9.17, 15) is 9.59 Å². The lowest BCUT2D eigenvalue weighted by Gasteiger charge is -2.14. The van der Waals surface area contributed by atoms with Gasteiger partial charge in [0.2, 0.25) is 5.75 Å². The van der Waals surface area contributed by atoms with Crippen LogP contribution in [0.15, 0.2) is 23.6 Å². The zero-order valence-corrected chi connectivity index (χ0v) is 14.6. The van der Waals surface area contributed by atoms with Crippen LogP contribution in [0, 0.1) is 0 Å². The van der Waals surface area contributed by atoms with Crippen molar-refractivity contribution < 1.29 is 23.8 Å². The van der Waals surface area contributed by atoms with Crippen molar-refractivity contribution in [2.75, 3.05) is 33.7 Å². The van der Waals surface area contributed by atoms with E-state index >= 15 is 0 Å². The van der Waals surface area contributed by atoms with Gasteiger partial charge in [0.1, 0.15) is 5.00 Å². The Kier molecular flexibility index (Phi) is 5.64. The van der Waals surface area contributed by atoms with Gasteiger partial charge >= 0.3 is 0 Å². The molecule has 1 heterocycles. The molecule has 8 heteroatoms. The zero-order valence-electron chi connectivity index (χ0n) is 13.8. The van der Waals surface area contributed by atoms with E-state index < -0.39 is 0 Å². The smallest absolute Gasteiger partial charge is 0.256 e. The molecule has 2 rings (SSSR count). The van der Waals surface area contributed by atoms with Crippen LogP contribution in [0.3, 0.4) is 0 Å². The van der Waals surface area contributed by atoms with Crippen LogP contribution in [0.2, 0.25) is 0 Å². The number of carbonyl (C=O) groups is 2. The lowest BCUT2D eigenvalue weighted by molar-refractivity contribution is 0.0964. The molecule has 0 bridgehead atoms. The molecule has 128 valence electrons. The number of anilines is 1. The van der Waals surface area contributed by atoms with Gasteiger partial charge < -0.3 is 24.8 Å². The SMILES string of the molecule is CNC(=O)c1ccsc1NC(=O)c1cc(OC)c(OC)c(OC)c1. The quantitative estimate of drug-likeness (QED) is 0.835. The second-order valence-corrected chi connectivity index (χ2v) is 5.53. The van der Waals surface area contributed by atoms with Gasteiger partial charge in [-0.05, 0) is 23.6 Å². The number of rotatable bonds is 6. The molecule has 0 aliphatic carbocycles. The van der Waals surface area contributed by atoms with Crippen LogP contribution in [0.1, 0.15) is 20.7 Å². The summed E-state index contributed by atoms with van der Waals surface area (Å²) in [6.07, 6.45) is 0. The second kappa shape index (κ2) is 7.69. The molecular formula is C16H18N2O5S. The van der Waals surface area contributed by atoms with Gasteiger partial charge in [0.05, 0.1) is 26.9 Å². The summed E-state index contributed by atoms with van der Waals surface area (Å²) in [6, 6.07) is 4.74. The van der Waals surface area contributed by atoms with Gasteiger partial charge in [0.25, 0.3) is 11.8 Å². The highest BCUT2D eigenvalue weighted by molar-refractivity contribution is 7.14. The summed E-state index contributed by atoms with van der Waals surface area (Å²) >= 11 is 1.26. The van der Waals surface area contributed by atoms with Gasteiger partial charge in [-0.15, -0.1) is 11.3 Å². The molecule has 2 aromatic rings. The van der Waals surface area contributed by atoms with E-state index in [1.807, 2.05) is 0 Å².